The zero-order valence-corrected chi connectivity index (χ0v) is 11.2. The Bertz CT molecular complexity index is 634. The van der Waals surface area contributed by atoms with Gasteiger partial charge < -0.3 is 9.88 Å². The van der Waals surface area contributed by atoms with Crippen molar-refractivity contribution in [2.75, 3.05) is 0 Å². The van der Waals surface area contributed by atoms with Gasteiger partial charge in [-0.25, -0.2) is 9.37 Å². The lowest BCUT2D eigenvalue weighted by Crippen LogP contribution is -2.32. The molecular weight excluding hydrogens is 257 g/mol. The Morgan fingerprint density at radius 3 is 2.80 bits per heavy atom. The Morgan fingerprint density at radius 1 is 1.45 bits per heavy atom. The molecule has 0 bridgehead atoms. The summed E-state index contributed by atoms with van der Waals surface area (Å²) < 4.78 is 15.8. The van der Waals surface area contributed by atoms with E-state index in [2.05, 4.69) is 10.3 Å². The van der Waals surface area contributed by atoms with Crippen molar-refractivity contribution in [1.29, 1.82) is 0 Å². The summed E-state index contributed by atoms with van der Waals surface area (Å²) in [6.07, 6.45) is 5.26. The summed E-state index contributed by atoms with van der Waals surface area (Å²) >= 11 is 0. The molecule has 104 valence electrons. The maximum atomic E-state index is 14.0. The number of aromatic nitrogens is 2. The predicted octanol–water partition coefficient (Wildman–Crippen LogP) is 2.17. The number of aryl methyl sites for hydroxylation is 1. The number of benzene rings is 1. The summed E-state index contributed by atoms with van der Waals surface area (Å²) in [6, 6.07) is 5.93. The van der Waals surface area contributed by atoms with E-state index < -0.39 is 6.04 Å². The maximum absolute atomic E-state index is 14.0. The number of carbonyl (C=O) groups excluding carboxylic acids is 1. The fourth-order valence-corrected chi connectivity index (χ4v) is 2.25. The summed E-state index contributed by atoms with van der Waals surface area (Å²) in [5.74, 6) is 0.339. The Hall–Kier alpha value is -2.17. The Labute approximate surface area is 116 Å². The normalized spacial score (nSPS) is 15.9. The highest BCUT2D eigenvalue weighted by Crippen LogP contribution is 2.31. The molecule has 1 heterocycles. The summed E-state index contributed by atoms with van der Waals surface area (Å²) in [6.45, 7) is 0. The number of nitrogens with zero attached hydrogens (tertiary/aromatic N) is 2. The quantitative estimate of drug-likeness (QED) is 0.928. The second kappa shape index (κ2) is 5.07. The van der Waals surface area contributed by atoms with E-state index in [1.54, 1.807) is 35.2 Å². The van der Waals surface area contributed by atoms with Gasteiger partial charge >= 0.3 is 0 Å². The topological polar surface area (TPSA) is 46.9 Å². The van der Waals surface area contributed by atoms with Gasteiger partial charge in [0, 0.05) is 30.9 Å². The number of halogens is 1. The first kappa shape index (κ1) is 12.8. The molecular formula is C15H16FN3O. The molecule has 5 heteroatoms. The van der Waals surface area contributed by atoms with Crippen molar-refractivity contribution < 1.29 is 9.18 Å². The lowest BCUT2D eigenvalue weighted by atomic mass is 10.0. The molecule has 0 spiro atoms. The molecule has 4 nitrogen and oxygen atoms in total. The second-order valence-corrected chi connectivity index (χ2v) is 5.13. The van der Waals surface area contributed by atoms with E-state index in [0.29, 0.717) is 11.4 Å². The van der Waals surface area contributed by atoms with Crippen LogP contribution in [0.25, 0.3) is 0 Å². The van der Waals surface area contributed by atoms with Crippen LogP contribution in [0.2, 0.25) is 0 Å². The van der Waals surface area contributed by atoms with Gasteiger partial charge in [-0.2, -0.15) is 0 Å². The van der Waals surface area contributed by atoms with Crippen molar-refractivity contribution in [2.45, 2.75) is 18.9 Å². The summed E-state index contributed by atoms with van der Waals surface area (Å²) in [7, 11) is 1.83. The number of hydrogen-bond donors (Lipinski definition) is 1. The Morgan fingerprint density at radius 2 is 2.20 bits per heavy atom. The van der Waals surface area contributed by atoms with Crippen LogP contribution in [0.15, 0.2) is 36.7 Å². The minimum atomic E-state index is -0.552. The molecule has 1 aromatic heterocycles. The van der Waals surface area contributed by atoms with Crippen LogP contribution in [0.4, 0.5) is 4.39 Å². The summed E-state index contributed by atoms with van der Waals surface area (Å²) in [5.41, 5.74) is 0.441. The fraction of sp³-hybridized carbons (Fsp3) is 0.333. The minimum Gasteiger partial charge on any atom is -0.342 e. The van der Waals surface area contributed by atoms with E-state index in [-0.39, 0.29) is 17.6 Å². The molecule has 1 N–H and O–H groups in total. The van der Waals surface area contributed by atoms with E-state index in [1.807, 2.05) is 7.05 Å². The molecule has 0 unspecified atom stereocenters. The van der Waals surface area contributed by atoms with Crippen LogP contribution in [0.5, 0.6) is 0 Å². The van der Waals surface area contributed by atoms with Gasteiger partial charge in [-0.05, 0) is 18.9 Å². The van der Waals surface area contributed by atoms with E-state index in [1.165, 1.54) is 6.07 Å². The molecule has 1 aliphatic rings. The zero-order valence-electron chi connectivity index (χ0n) is 11.2. The van der Waals surface area contributed by atoms with Crippen LogP contribution in [0.3, 0.4) is 0 Å². The average molecular weight is 273 g/mol. The number of nitrogens with one attached hydrogen (secondary N) is 1. The van der Waals surface area contributed by atoms with Crippen molar-refractivity contribution in [1.82, 2.24) is 14.9 Å². The number of carbonyl (C=O) groups is 1. The highest BCUT2D eigenvalue weighted by Gasteiger charge is 2.33. The highest BCUT2D eigenvalue weighted by molar-refractivity contribution is 5.81. The average Bonchev–Trinajstić information content (AvgIpc) is 3.20. The molecule has 1 amide bonds. The van der Waals surface area contributed by atoms with E-state index in [0.717, 1.165) is 12.8 Å². The number of hydrogen-bond acceptors (Lipinski definition) is 2. The van der Waals surface area contributed by atoms with Gasteiger partial charge in [0.1, 0.15) is 17.7 Å². The molecule has 1 fully saturated rings. The third-order valence-corrected chi connectivity index (χ3v) is 3.57. The van der Waals surface area contributed by atoms with E-state index in [4.69, 9.17) is 0 Å². The van der Waals surface area contributed by atoms with Crippen LogP contribution < -0.4 is 5.32 Å². The molecule has 0 radical (unpaired) electrons. The third kappa shape index (κ3) is 2.43. The fourth-order valence-electron chi connectivity index (χ4n) is 2.25. The van der Waals surface area contributed by atoms with E-state index >= 15 is 0 Å². The van der Waals surface area contributed by atoms with Crippen LogP contribution in [-0.2, 0) is 11.8 Å². The molecule has 0 aliphatic heterocycles. The molecule has 1 aromatic carbocycles. The van der Waals surface area contributed by atoms with Gasteiger partial charge in [0.05, 0.1) is 0 Å². The van der Waals surface area contributed by atoms with Gasteiger partial charge in [-0.1, -0.05) is 18.2 Å². The first-order valence-corrected chi connectivity index (χ1v) is 6.69. The van der Waals surface area contributed by atoms with Crippen molar-refractivity contribution in [3.05, 3.63) is 53.9 Å². The molecule has 1 saturated carbocycles. The largest absolute Gasteiger partial charge is 0.342 e. The lowest BCUT2D eigenvalue weighted by molar-refractivity contribution is -0.122. The summed E-state index contributed by atoms with van der Waals surface area (Å²) in [5, 5.41) is 2.92. The van der Waals surface area contributed by atoms with Crippen LogP contribution in [0, 0.1) is 11.7 Å². The molecule has 3 rings (SSSR count). The molecule has 0 saturated heterocycles. The number of amides is 1. The molecule has 1 aliphatic carbocycles. The van der Waals surface area contributed by atoms with Gasteiger partial charge in [0.15, 0.2) is 0 Å². The predicted molar refractivity (Wildman–Crippen MR) is 72.3 cm³/mol. The standard InChI is InChI=1S/C15H16FN3O/c1-19-9-8-17-14(19)13(18-15(20)10-6-7-10)11-4-2-3-5-12(11)16/h2-5,8-10,13H,6-7H2,1H3,(H,18,20)/t13-/m1/s1. The highest BCUT2D eigenvalue weighted by atomic mass is 19.1. The molecule has 2 aromatic rings. The number of imidazole rings is 1. The maximum Gasteiger partial charge on any atom is 0.223 e. The molecule has 1 atom stereocenters. The van der Waals surface area contributed by atoms with Gasteiger partial charge in [0.2, 0.25) is 5.91 Å². The summed E-state index contributed by atoms with van der Waals surface area (Å²) in [4.78, 5) is 16.3. The van der Waals surface area contributed by atoms with Gasteiger partial charge in [-0.3, -0.25) is 4.79 Å². The zero-order chi connectivity index (χ0) is 14.1. The SMILES string of the molecule is Cn1ccnc1[C@H](NC(=O)C1CC1)c1ccccc1F. The Balaban J connectivity index is 1.97. The monoisotopic (exact) mass is 273 g/mol. The smallest absolute Gasteiger partial charge is 0.223 e. The van der Waals surface area contributed by atoms with Gasteiger partial charge in [0.25, 0.3) is 0 Å². The van der Waals surface area contributed by atoms with Crippen molar-refractivity contribution >= 4 is 5.91 Å². The van der Waals surface area contributed by atoms with Crippen molar-refractivity contribution in [3.8, 4) is 0 Å². The van der Waals surface area contributed by atoms with Crippen molar-refractivity contribution in [3.63, 3.8) is 0 Å². The van der Waals surface area contributed by atoms with Crippen molar-refractivity contribution in [2.24, 2.45) is 13.0 Å². The van der Waals surface area contributed by atoms with Gasteiger partial charge in [-0.15, -0.1) is 0 Å². The first-order chi connectivity index (χ1) is 9.66. The van der Waals surface area contributed by atoms with Crippen LogP contribution in [0.1, 0.15) is 30.3 Å². The van der Waals surface area contributed by atoms with Crippen LogP contribution >= 0.6 is 0 Å². The minimum absolute atomic E-state index is 0.0266. The number of rotatable bonds is 4. The molecule has 20 heavy (non-hydrogen) atoms. The third-order valence-electron chi connectivity index (χ3n) is 3.57. The van der Waals surface area contributed by atoms with Crippen LogP contribution in [-0.4, -0.2) is 15.5 Å². The second-order valence-electron chi connectivity index (χ2n) is 5.13. The Kier molecular flexibility index (Phi) is 3.26. The lowest BCUT2D eigenvalue weighted by Gasteiger charge is -2.19. The first-order valence-electron chi connectivity index (χ1n) is 6.69. The van der Waals surface area contributed by atoms with E-state index in [9.17, 15) is 9.18 Å².